The van der Waals surface area contributed by atoms with Gasteiger partial charge in [-0.25, -0.2) is 0 Å². The molecule has 92 valence electrons. The summed E-state index contributed by atoms with van der Waals surface area (Å²) in [5.41, 5.74) is -0.342. The standard InChI is InChI=1S/C13H13F3O/c1-8(9-2-3-9)12(17)10-4-6-11(7-5-10)13(14,15)16/h4-9H,2-3H2,1H3/t8-/m0/s1. The highest BCUT2D eigenvalue weighted by Gasteiger charge is 2.34. The van der Waals surface area contributed by atoms with Crippen LogP contribution in [-0.4, -0.2) is 5.78 Å². The second-order valence-electron chi connectivity index (χ2n) is 4.57. The topological polar surface area (TPSA) is 17.1 Å². The molecule has 1 aliphatic rings. The summed E-state index contributed by atoms with van der Waals surface area (Å²) in [4.78, 5) is 11.9. The SMILES string of the molecule is C[C@H](C(=O)c1ccc(C(F)(F)F)cc1)C1CC1. The fraction of sp³-hybridized carbons (Fsp3) is 0.462. The predicted molar refractivity (Wildman–Crippen MR) is 57.7 cm³/mol. The molecule has 1 saturated carbocycles. The van der Waals surface area contributed by atoms with Crippen molar-refractivity contribution in [3.8, 4) is 0 Å². The van der Waals surface area contributed by atoms with Gasteiger partial charge in [-0.05, 0) is 30.9 Å². The Bertz CT molecular complexity index is 415. The lowest BCUT2D eigenvalue weighted by Crippen LogP contribution is -2.13. The van der Waals surface area contributed by atoms with Crippen molar-refractivity contribution in [2.24, 2.45) is 11.8 Å². The minimum atomic E-state index is -4.34. The van der Waals surface area contributed by atoms with Crippen molar-refractivity contribution in [1.29, 1.82) is 0 Å². The van der Waals surface area contributed by atoms with Crippen molar-refractivity contribution in [3.05, 3.63) is 35.4 Å². The molecule has 0 radical (unpaired) electrons. The van der Waals surface area contributed by atoms with E-state index in [9.17, 15) is 18.0 Å². The highest BCUT2D eigenvalue weighted by Crippen LogP contribution is 2.38. The first kappa shape index (κ1) is 12.1. The van der Waals surface area contributed by atoms with Crippen LogP contribution in [0.4, 0.5) is 13.2 Å². The highest BCUT2D eigenvalue weighted by molar-refractivity contribution is 5.98. The molecule has 0 bridgehead atoms. The molecule has 0 aromatic heterocycles. The molecule has 0 amide bonds. The van der Waals surface area contributed by atoms with E-state index in [-0.39, 0.29) is 11.7 Å². The molecule has 1 fully saturated rings. The van der Waals surface area contributed by atoms with E-state index in [2.05, 4.69) is 0 Å². The van der Waals surface area contributed by atoms with E-state index in [1.54, 1.807) is 0 Å². The van der Waals surface area contributed by atoms with Crippen molar-refractivity contribution in [2.45, 2.75) is 25.9 Å². The minimum absolute atomic E-state index is 0.0544. The molecule has 1 atom stereocenters. The number of halogens is 3. The first-order valence-corrected chi connectivity index (χ1v) is 5.61. The summed E-state index contributed by atoms with van der Waals surface area (Å²) in [5.74, 6) is 0.290. The molecule has 0 unspecified atom stereocenters. The van der Waals surface area contributed by atoms with Crippen LogP contribution in [0.3, 0.4) is 0 Å². The quantitative estimate of drug-likeness (QED) is 0.734. The number of ketones is 1. The summed E-state index contributed by atoms with van der Waals surface area (Å²) in [7, 11) is 0. The molecule has 0 N–H and O–H groups in total. The second-order valence-corrected chi connectivity index (χ2v) is 4.57. The van der Waals surface area contributed by atoms with E-state index in [0.717, 1.165) is 25.0 Å². The molecule has 0 spiro atoms. The average molecular weight is 242 g/mol. The van der Waals surface area contributed by atoms with Crippen molar-refractivity contribution < 1.29 is 18.0 Å². The second kappa shape index (κ2) is 4.17. The molecule has 1 nitrogen and oxygen atoms in total. The Morgan fingerprint density at radius 2 is 1.76 bits per heavy atom. The smallest absolute Gasteiger partial charge is 0.294 e. The average Bonchev–Trinajstić information content (AvgIpc) is 3.10. The van der Waals surface area contributed by atoms with Crippen LogP contribution in [0.5, 0.6) is 0 Å². The maximum atomic E-state index is 12.3. The van der Waals surface area contributed by atoms with Crippen LogP contribution in [0.2, 0.25) is 0 Å². The van der Waals surface area contributed by atoms with E-state index < -0.39 is 11.7 Å². The van der Waals surface area contributed by atoms with Gasteiger partial charge < -0.3 is 0 Å². The van der Waals surface area contributed by atoms with E-state index in [0.29, 0.717) is 11.5 Å². The Balaban J connectivity index is 2.14. The van der Waals surface area contributed by atoms with Crippen LogP contribution in [-0.2, 0) is 6.18 Å². The first-order chi connectivity index (χ1) is 7.89. The molecular weight excluding hydrogens is 229 g/mol. The van der Waals surface area contributed by atoms with E-state index in [4.69, 9.17) is 0 Å². The summed E-state index contributed by atoms with van der Waals surface area (Å²) in [6, 6.07) is 4.47. The maximum Gasteiger partial charge on any atom is 0.416 e. The first-order valence-electron chi connectivity index (χ1n) is 5.61. The number of hydrogen-bond acceptors (Lipinski definition) is 1. The fourth-order valence-corrected chi connectivity index (χ4v) is 1.90. The van der Waals surface area contributed by atoms with Gasteiger partial charge in [0, 0.05) is 11.5 Å². The van der Waals surface area contributed by atoms with E-state index in [1.165, 1.54) is 12.1 Å². The van der Waals surface area contributed by atoms with Gasteiger partial charge in [0.1, 0.15) is 0 Å². The largest absolute Gasteiger partial charge is 0.416 e. The van der Waals surface area contributed by atoms with Crippen molar-refractivity contribution >= 4 is 5.78 Å². The monoisotopic (exact) mass is 242 g/mol. The Kier molecular flexibility index (Phi) is 2.98. The van der Waals surface area contributed by atoms with Gasteiger partial charge in [-0.2, -0.15) is 13.2 Å². The summed E-state index contributed by atoms with van der Waals surface area (Å²) in [6.07, 6.45) is -2.25. The van der Waals surface area contributed by atoms with Crippen LogP contribution >= 0.6 is 0 Å². The highest BCUT2D eigenvalue weighted by atomic mass is 19.4. The zero-order valence-electron chi connectivity index (χ0n) is 9.42. The Morgan fingerprint density at radius 3 is 2.18 bits per heavy atom. The number of Topliss-reactive ketones (excluding diaryl/α,β-unsaturated/α-hetero) is 1. The van der Waals surface area contributed by atoms with Crippen LogP contribution in [0, 0.1) is 11.8 Å². The maximum absolute atomic E-state index is 12.3. The fourth-order valence-electron chi connectivity index (χ4n) is 1.90. The van der Waals surface area contributed by atoms with Gasteiger partial charge in [-0.3, -0.25) is 4.79 Å². The van der Waals surface area contributed by atoms with Crippen molar-refractivity contribution in [3.63, 3.8) is 0 Å². The number of rotatable bonds is 3. The predicted octanol–water partition coefficient (Wildman–Crippen LogP) is 3.93. The molecule has 1 aromatic carbocycles. The van der Waals surface area contributed by atoms with Gasteiger partial charge in [0.25, 0.3) is 0 Å². The van der Waals surface area contributed by atoms with Crippen LogP contribution in [0.15, 0.2) is 24.3 Å². The molecule has 0 heterocycles. The Morgan fingerprint density at radius 1 is 1.24 bits per heavy atom. The Labute approximate surface area is 97.6 Å². The third-order valence-corrected chi connectivity index (χ3v) is 3.24. The molecule has 0 aliphatic heterocycles. The van der Waals surface area contributed by atoms with Gasteiger partial charge in [0.05, 0.1) is 5.56 Å². The number of hydrogen-bond donors (Lipinski definition) is 0. The van der Waals surface area contributed by atoms with Crippen molar-refractivity contribution in [2.75, 3.05) is 0 Å². The zero-order chi connectivity index (χ0) is 12.6. The lowest BCUT2D eigenvalue weighted by atomic mass is 9.94. The van der Waals surface area contributed by atoms with Crippen LogP contribution < -0.4 is 0 Å². The number of alkyl halides is 3. The third-order valence-electron chi connectivity index (χ3n) is 3.24. The number of benzene rings is 1. The summed E-state index contributed by atoms with van der Waals surface area (Å²) in [6.45, 7) is 1.84. The zero-order valence-corrected chi connectivity index (χ0v) is 9.42. The Hall–Kier alpha value is -1.32. The van der Waals surface area contributed by atoms with Gasteiger partial charge in [0.2, 0.25) is 0 Å². The lowest BCUT2D eigenvalue weighted by molar-refractivity contribution is -0.137. The number of carbonyl (C=O) groups excluding carboxylic acids is 1. The van der Waals surface area contributed by atoms with Gasteiger partial charge in [-0.1, -0.05) is 19.1 Å². The van der Waals surface area contributed by atoms with Gasteiger partial charge in [0.15, 0.2) is 5.78 Å². The van der Waals surface area contributed by atoms with Crippen LogP contribution in [0.25, 0.3) is 0 Å². The normalized spacial score (nSPS) is 17.9. The van der Waals surface area contributed by atoms with Gasteiger partial charge in [-0.15, -0.1) is 0 Å². The van der Waals surface area contributed by atoms with E-state index >= 15 is 0 Å². The molecule has 1 aliphatic carbocycles. The summed E-state index contributed by atoms with van der Waals surface area (Å²) in [5, 5.41) is 0. The van der Waals surface area contributed by atoms with E-state index in [1.807, 2.05) is 6.92 Å². The molecule has 2 rings (SSSR count). The molecular formula is C13H13F3O. The van der Waals surface area contributed by atoms with Gasteiger partial charge >= 0.3 is 6.18 Å². The molecule has 1 aromatic rings. The summed E-state index contributed by atoms with van der Waals surface area (Å²) < 4.78 is 37.0. The molecule has 4 heteroatoms. The molecule has 17 heavy (non-hydrogen) atoms. The lowest BCUT2D eigenvalue weighted by Gasteiger charge is -2.10. The summed E-state index contributed by atoms with van der Waals surface area (Å²) >= 11 is 0. The minimum Gasteiger partial charge on any atom is -0.294 e. The third kappa shape index (κ3) is 2.68. The van der Waals surface area contributed by atoms with Crippen molar-refractivity contribution in [1.82, 2.24) is 0 Å². The molecule has 0 saturated heterocycles. The number of carbonyl (C=O) groups is 1. The van der Waals surface area contributed by atoms with Crippen LogP contribution in [0.1, 0.15) is 35.7 Å².